The molecule has 0 aliphatic carbocycles. The van der Waals surface area contributed by atoms with Gasteiger partial charge in [-0.05, 0) is 64.7 Å². The van der Waals surface area contributed by atoms with E-state index in [4.69, 9.17) is 4.74 Å². The highest BCUT2D eigenvalue weighted by molar-refractivity contribution is 7.10. The highest BCUT2D eigenvalue weighted by Crippen LogP contribution is 2.44. The second-order valence-corrected chi connectivity index (χ2v) is 10.0. The van der Waals surface area contributed by atoms with E-state index < -0.39 is 17.7 Å². The Bertz CT molecular complexity index is 1240. The smallest absolute Gasteiger partial charge is 0.300 e. The number of aliphatic hydroxyl groups excluding tert-OH is 1. The molecule has 2 aromatic carbocycles. The van der Waals surface area contributed by atoms with E-state index in [1.54, 1.807) is 19.2 Å². The number of carbonyl (C=O) groups excluding carboxylic acids is 2. The Kier molecular flexibility index (Phi) is 6.62. The number of rotatable bonds is 6. The number of aliphatic hydroxyl groups is 1. The van der Waals surface area contributed by atoms with Gasteiger partial charge in [-0.15, -0.1) is 11.3 Å². The van der Waals surface area contributed by atoms with Crippen molar-refractivity contribution in [1.82, 2.24) is 0 Å². The molecule has 34 heavy (non-hydrogen) atoms. The molecular weight excluding hydrogens is 446 g/mol. The Balaban J connectivity index is 1.88. The largest absolute Gasteiger partial charge is 0.507 e. The van der Waals surface area contributed by atoms with Crippen LogP contribution in [-0.2, 0) is 9.59 Å². The lowest BCUT2D eigenvalue weighted by atomic mass is 9.95. The van der Waals surface area contributed by atoms with Gasteiger partial charge in [0.05, 0.1) is 12.7 Å². The van der Waals surface area contributed by atoms with Gasteiger partial charge in [0.1, 0.15) is 17.6 Å². The molecule has 1 amide bonds. The Labute approximate surface area is 204 Å². The van der Waals surface area contributed by atoms with E-state index >= 15 is 0 Å². The maximum atomic E-state index is 13.3. The van der Waals surface area contributed by atoms with Crippen LogP contribution in [0.4, 0.5) is 5.69 Å². The molecule has 1 atom stereocenters. The Hall–Kier alpha value is -3.38. The van der Waals surface area contributed by atoms with Gasteiger partial charge >= 0.3 is 0 Å². The summed E-state index contributed by atoms with van der Waals surface area (Å²) in [5.41, 5.74) is 3.27. The van der Waals surface area contributed by atoms with Crippen LogP contribution in [0.15, 0.2) is 65.6 Å². The summed E-state index contributed by atoms with van der Waals surface area (Å²) < 4.78 is 5.46. The van der Waals surface area contributed by atoms with Gasteiger partial charge in [-0.2, -0.15) is 0 Å². The van der Waals surface area contributed by atoms with Crippen LogP contribution in [0.1, 0.15) is 67.1 Å². The third-order valence-corrected chi connectivity index (χ3v) is 7.14. The lowest BCUT2D eigenvalue weighted by molar-refractivity contribution is -0.132. The van der Waals surface area contributed by atoms with Crippen molar-refractivity contribution in [3.8, 4) is 5.75 Å². The van der Waals surface area contributed by atoms with Crippen LogP contribution in [0.3, 0.4) is 0 Å². The summed E-state index contributed by atoms with van der Waals surface area (Å²) in [4.78, 5) is 28.9. The number of thiophene rings is 1. The highest BCUT2D eigenvalue weighted by atomic mass is 32.1. The normalized spacial score (nSPS) is 17.7. The predicted octanol–water partition coefficient (Wildman–Crippen LogP) is 6.63. The number of carbonyl (C=O) groups is 2. The SMILES string of the molecule is COc1ccc(/C(O)=C2/C(=O)C(=O)N(c3ccc(C(C)C)cc3)C2c2cccs2)cc1C(C)C. The average molecular weight is 476 g/mol. The van der Waals surface area contributed by atoms with Crippen LogP contribution in [0.2, 0.25) is 0 Å². The summed E-state index contributed by atoms with van der Waals surface area (Å²) in [7, 11) is 1.60. The van der Waals surface area contributed by atoms with Gasteiger partial charge in [0, 0.05) is 16.1 Å². The van der Waals surface area contributed by atoms with Gasteiger partial charge in [0.15, 0.2) is 0 Å². The Morgan fingerprint density at radius 3 is 2.26 bits per heavy atom. The standard InChI is InChI=1S/C28H29NO4S/c1-16(2)18-8-11-20(12-9-18)29-25(23-7-6-14-34-23)24(27(31)28(29)32)26(30)19-10-13-22(33-5)21(15-19)17(3)4/h6-17,25,30H,1-5H3/b26-24-. The van der Waals surface area contributed by atoms with E-state index in [0.29, 0.717) is 22.9 Å². The van der Waals surface area contributed by atoms with Crippen molar-refractivity contribution in [3.05, 3.63) is 87.1 Å². The van der Waals surface area contributed by atoms with Gasteiger partial charge < -0.3 is 9.84 Å². The average Bonchev–Trinajstić information content (AvgIpc) is 3.45. The Morgan fingerprint density at radius 2 is 1.71 bits per heavy atom. The molecular formula is C28H29NO4S. The summed E-state index contributed by atoms with van der Waals surface area (Å²) in [6.07, 6.45) is 0. The summed E-state index contributed by atoms with van der Waals surface area (Å²) in [5, 5.41) is 13.3. The summed E-state index contributed by atoms with van der Waals surface area (Å²) >= 11 is 1.45. The molecule has 1 saturated heterocycles. The fourth-order valence-corrected chi connectivity index (χ4v) is 5.15. The second kappa shape index (κ2) is 9.47. The number of ketones is 1. The molecule has 1 aliphatic rings. The first-order chi connectivity index (χ1) is 16.2. The van der Waals surface area contributed by atoms with Crippen molar-refractivity contribution in [3.63, 3.8) is 0 Å². The summed E-state index contributed by atoms with van der Waals surface area (Å²) in [5.74, 6) is -0.296. The van der Waals surface area contributed by atoms with Crippen molar-refractivity contribution < 1.29 is 19.4 Å². The number of nitrogens with zero attached hydrogens (tertiary/aromatic N) is 1. The topological polar surface area (TPSA) is 66.8 Å². The van der Waals surface area contributed by atoms with E-state index in [0.717, 1.165) is 16.0 Å². The minimum absolute atomic E-state index is 0.0975. The molecule has 1 aromatic heterocycles. The van der Waals surface area contributed by atoms with Gasteiger partial charge in [0.25, 0.3) is 11.7 Å². The Morgan fingerprint density at radius 1 is 1.00 bits per heavy atom. The van der Waals surface area contributed by atoms with Crippen molar-refractivity contribution >= 4 is 34.5 Å². The first-order valence-corrected chi connectivity index (χ1v) is 12.2. The molecule has 0 radical (unpaired) electrons. The fourth-order valence-electron chi connectivity index (χ4n) is 4.32. The first kappa shape index (κ1) is 23.8. The quantitative estimate of drug-likeness (QED) is 0.247. The molecule has 0 spiro atoms. The van der Waals surface area contributed by atoms with Crippen LogP contribution >= 0.6 is 11.3 Å². The van der Waals surface area contributed by atoms with Crippen LogP contribution in [0.25, 0.3) is 5.76 Å². The van der Waals surface area contributed by atoms with Crippen molar-refractivity contribution in [1.29, 1.82) is 0 Å². The molecule has 1 fully saturated rings. The minimum atomic E-state index is -0.700. The number of Topliss-reactive ketones (excluding diaryl/α,β-unsaturated/α-hetero) is 1. The van der Waals surface area contributed by atoms with E-state index in [1.165, 1.54) is 16.2 Å². The van der Waals surface area contributed by atoms with Crippen LogP contribution < -0.4 is 9.64 Å². The molecule has 176 valence electrons. The van der Waals surface area contributed by atoms with Crippen molar-refractivity contribution in [2.75, 3.05) is 12.0 Å². The number of methoxy groups -OCH3 is 1. The number of amides is 1. The maximum absolute atomic E-state index is 13.3. The highest BCUT2D eigenvalue weighted by Gasteiger charge is 2.47. The summed E-state index contributed by atoms with van der Waals surface area (Å²) in [6.45, 7) is 8.28. The zero-order valence-electron chi connectivity index (χ0n) is 20.0. The molecule has 2 heterocycles. The molecule has 6 heteroatoms. The van der Waals surface area contributed by atoms with Crippen molar-refractivity contribution in [2.24, 2.45) is 0 Å². The van der Waals surface area contributed by atoms with Gasteiger partial charge in [-0.3, -0.25) is 14.5 Å². The second-order valence-electron chi connectivity index (χ2n) is 9.04. The zero-order chi connectivity index (χ0) is 24.6. The first-order valence-electron chi connectivity index (χ1n) is 11.4. The number of ether oxygens (including phenoxy) is 1. The molecule has 0 bridgehead atoms. The van der Waals surface area contributed by atoms with Crippen molar-refractivity contribution in [2.45, 2.75) is 45.6 Å². The molecule has 1 N–H and O–H groups in total. The van der Waals surface area contributed by atoms with E-state index in [1.807, 2.05) is 61.7 Å². The number of hydrogen-bond donors (Lipinski definition) is 1. The van der Waals surface area contributed by atoms with Gasteiger partial charge in [-0.1, -0.05) is 45.9 Å². The molecule has 0 saturated carbocycles. The monoisotopic (exact) mass is 475 g/mol. The number of anilines is 1. The van der Waals surface area contributed by atoms with Gasteiger partial charge in [-0.25, -0.2) is 0 Å². The maximum Gasteiger partial charge on any atom is 0.300 e. The van der Waals surface area contributed by atoms with Crippen LogP contribution in [0.5, 0.6) is 5.75 Å². The molecule has 5 nitrogen and oxygen atoms in total. The number of benzene rings is 2. The number of hydrogen-bond acceptors (Lipinski definition) is 5. The molecule has 1 aliphatic heterocycles. The third-order valence-electron chi connectivity index (χ3n) is 6.22. The summed E-state index contributed by atoms with van der Waals surface area (Å²) in [6, 6.07) is 16.1. The zero-order valence-corrected chi connectivity index (χ0v) is 20.8. The van der Waals surface area contributed by atoms with Crippen LogP contribution in [0, 0.1) is 0 Å². The fraction of sp³-hybridized carbons (Fsp3) is 0.286. The minimum Gasteiger partial charge on any atom is -0.507 e. The van der Waals surface area contributed by atoms with E-state index in [2.05, 4.69) is 13.8 Å². The molecule has 4 rings (SSSR count). The van der Waals surface area contributed by atoms with E-state index in [9.17, 15) is 14.7 Å². The lowest BCUT2D eigenvalue weighted by Crippen LogP contribution is -2.29. The lowest BCUT2D eigenvalue weighted by Gasteiger charge is -2.24. The van der Waals surface area contributed by atoms with Gasteiger partial charge in [0.2, 0.25) is 0 Å². The molecule has 3 aromatic rings. The van der Waals surface area contributed by atoms with E-state index in [-0.39, 0.29) is 17.3 Å². The van der Waals surface area contributed by atoms with Crippen LogP contribution in [-0.4, -0.2) is 23.9 Å². The molecule has 1 unspecified atom stereocenters. The predicted molar refractivity (Wildman–Crippen MR) is 137 cm³/mol. The third kappa shape index (κ3) is 4.14.